The van der Waals surface area contributed by atoms with Gasteiger partial charge in [0.1, 0.15) is 5.69 Å². The Hall–Kier alpha value is -3.93. The number of carbonyl (C=O) groups is 2. The van der Waals surface area contributed by atoms with E-state index in [1.165, 1.54) is 4.90 Å². The van der Waals surface area contributed by atoms with Crippen molar-refractivity contribution < 1.29 is 18.7 Å². The number of likely N-dealkylation sites (N-methyl/N-ethyl adjacent to an activating group) is 1. The van der Waals surface area contributed by atoms with Crippen LogP contribution in [0.1, 0.15) is 15.9 Å². The molecular formula is C24H20N2O4. The van der Waals surface area contributed by atoms with E-state index in [0.717, 1.165) is 5.56 Å². The van der Waals surface area contributed by atoms with Crippen molar-refractivity contribution in [3.05, 3.63) is 90.2 Å². The van der Waals surface area contributed by atoms with Crippen LogP contribution in [0.15, 0.2) is 83.5 Å². The molecule has 0 unspecified atom stereocenters. The second-order valence-electron chi connectivity index (χ2n) is 6.86. The van der Waals surface area contributed by atoms with Crippen LogP contribution in [-0.2, 0) is 16.1 Å². The van der Waals surface area contributed by atoms with Gasteiger partial charge >= 0.3 is 5.97 Å². The van der Waals surface area contributed by atoms with E-state index in [9.17, 15) is 9.59 Å². The standard InChI is InChI=1S/C24H20N2O4/c1-26(15-17-8-3-2-4-9-17)23(27)16-30-24(28)19-14-21(22-12-7-13-29-22)25-20-11-6-5-10-18(19)20/h2-14H,15-16H2,1H3. The number of carbonyl (C=O) groups excluding carboxylic acids is 2. The first kappa shape index (κ1) is 19.4. The molecule has 2 aromatic carbocycles. The van der Waals surface area contributed by atoms with Gasteiger partial charge in [-0.1, -0.05) is 48.5 Å². The molecule has 6 nitrogen and oxygen atoms in total. The van der Waals surface area contributed by atoms with E-state index in [1.807, 2.05) is 48.5 Å². The Bertz CT molecular complexity index is 1170. The Morgan fingerprint density at radius 2 is 1.77 bits per heavy atom. The molecule has 1 amide bonds. The van der Waals surface area contributed by atoms with Crippen LogP contribution >= 0.6 is 0 Å². The maximum Gasteiger partial charge on any atom is 0.339 e. The largest absolute Gasteiger partial charge is 0.463 e. The summed E-state index contributed by atoms with van der Waals surface area (Å²) in [5, 5.41) is 0.655. The van der Waals surface area contributed by atoms with Crippen LogP contribution in [0.3, 0.4) is 0 Å². The number of nitrogens with zero attached hydrogens (tertiary/aromatic N) is 2. The quantitative estimate of drug-likeness (QED) is 0.451. The van der Waals surface area contributed by atoms with Gasteiger partial charge in [-0.05, 0) is 29.8 Å². The topological polar surface area (TPSA) is 72.6 Å². The molecule has 0 aliphatic heterocycles. The Labute approximate surface area is 173 Å². The summed E-state index contributed by atoms with van der Waals surface area (Å²) in [5.74, 6) is -0.312. The Morgan fingerprint density at radius 1 is 1.00 bits per heavy atom. The first-order valence-corrected chi connectivity index (χ1v) is 9.50. The molecule has 0 saturated carbocycles. The number of pyridine rings is 1. The molecule has 30 heavy (non-hydrogen) atoms. The molecule has 0 spiro atoms. The van der Waals surface area contributed by atoms with E-state index in [4.69, 9.17) is 9.15 Å². The summed E-state index contributed by atoms with van der Waals surface area (Å²) in [4.78, 5) is 31.3. The number of furan rings is 1. The Balaban J connectivity index is 1.51. The van der Waals surface area contributed by atoms with Crippen LogP contribution in [0, 0.1) is 0 Å². The third-order valence-corrected chi connectivity index (χ3v) is 4.72. The molecule has 0 aliphatic rings. The van der Waals surface area contributed by atoms with Gasteiger partial charge in [-0.15, -0.1) is 0 Å². The van der Waals surface area contributed by atoms with E-state index >= 15 is 0 Å². The number of rotatable bonds is 6. The van der Waals surface area contributed by atoms with Crippen molar-refractivity contribution in [2.75, 3.05) is 13.7 Å². The number of esters is 1. The number of fused-ring (bicyclic) bond motifs is 1. The Morgan fingerprint density at radius 3 is 2.53 bits per heavy atom. The zero-order valence-corrected chi connectivity index (χ0v) is 16.4. The van der Waals surface area contributed by atoms with Gasteiger partial charge in [-0.2, -0.15) is 0 Å². The van der Waals surface area contributed by atoms with Crippen LogP contribution in [0.2, 0.25) is 0 Å². The van der Waals surface area contributed by atoms with Crippen molar-refractivity contribution in [1.82, 2.24) is 9.88 Å². The highest BCUT2D eigenvalue weighted by Gasteiger charge is 2.18. The lowest BCUT2D eigenvalue weighted by Gasteiger charge is -2.17. The molecule has 4 rings (SSSR count). The molecule has 2 heterocycles. The highest BCUT2D eigenvalue weighted by molar-refractivity contribution is 6.05. The van der Waals surface area contributed by atoms with E-state index < -0.39 is 5.97 Å². The molecule has 0 saturated heterocycles. The normalized spacial score (nSPS) is 10.7. The van der Waals surface area contributed by atoms with Gasteiger partial charge in [0.25, 0.3) is 5.91 Å². The van der Waals surface area contributed by atoms with Gasteiger partial charge in [0.05, 0.1) is 17.3 Å². The number of amides is 1. The third kappa shape index (κ3) is 4.22. The number of aromatic nitrogens is 1. The number of ether oxygens (including phenoxy) is 1. The molecule has 6 heteroatoms. The summed E-state index contributed by atoms with van der Waals surface area (Å²) in [7, 11) is 1.68. The summed E-state index contributed by atoms with van der Waals surface area (Å²) >= 11 is 0. The second-order valence-corrected chi connectivity index (χ2v) is 6.86. The molecule has 0 N–H and O–H groups in total. The van der Waals surface area contributed by atoms with Crippen molar-refractivity contribution >= 4 is 22.8 Å². The fourth-order valence-electron chi connectivity index (χ4n) is 3.16. The average Bonchev–Trinajstić information content (AvgIpc) is 3.32. The molecule has 150 valence electrons. The Kier molecular flexibility index (Phi) is 5.57. The van der Waals surface area contributed by atoms with Crippen molar-refractivity contribution in [2.24, 2.45) is 0 Å². The van der Waals surface area contributed by atoms with Gasteiger partial charge in [-0.3, -0.25) is 4.79 Å². The minimum absolute atomic E-state index is 0.281. The van der Waals surface area contributed by atoms with Crippen LogP contribution in [0.25, 0.3) is 22.4 Å². The second kappa shape index (κ2) is 8.61. The first-order valence-electron chi connectivity index (χ1n) is 9.50. The lowest BCUT2D eigenvalue weighted by atomic mass is 10.1. The molecule has 0 atom stereocenters. The van der Waals surface area contributed by atoms with Crippen molar-refractivity contribution in [1.29, 1.82) is 0 Å². The highest BCUT2D eigenvalue weighted by atomic mass is 16.5. The highest BCUT2D eigenvalue weighted by Crippen LogP contribution is 2.25. The van der Waals surface area contributed by atoms with Crippen LogP contribution in [-0.4, -0.2) is 35.4 Å². The van der Waals surface area contributed by atoms with Gasteiger partial charge in [0.15, 0.2) is 12.4 Å². The third-order valence-electron chi connectivity index (χ3n) is 4.72. The molecule has 4 aromatic rings. The summed E-state index contributed by atoms with van der Waals surface area (Å²) in [6, 6.07) is 22.1. The van der Waals surface area contributed by atoms with Gasteiger partial charge < -0.3 is 14.1 Å². The number of para-hydroxylation sites is 1. The van der Waals surface area contributed by atoms with E-state index in [2.05, 4.69) is 4.98 Å². The number of hydrogen-bond donors (Lipinski definition) is 0. The number of benzene rings is 2. The van der Waals surface area contributed by atoms with Gasteiger partial charge in [0.2, 0.25) is 0 Å². The van der Waals surface area contributed by atoms with E-state index in [-0.39, 0.29) is 12.5 Å². The van der Waals surface area contributed by atoms with Crippen LogP contribution < -0.4 is 0 Å². The smallest absolute Gasteiger partial charge is 0.339 e. The van der Waals surface area contributed by atoms with E-state index in [0.29, 0.717) is 34.5 Å². The molecule has 0 aliphatic carbocycles. The van der Waals surface area contributed by atoms with Crippen LogP contribution in [0.4, 0.5) is 0 Å². The molecule has 0 radical (unpaired) electrons. The average molecular weight is 400 g/mol. The molecular weight excluding hydrogens is 380 g/mol. The van der Waals surface area contributed by atoms with Gasteiger partial charge in [0, 0.05) is 19.0 Å². The monoisotopic (exact) mass is 400 g/mol. The minimum atomic E-state index is -0.581. The maximum absolute atomic E-state index is 12.8. The molecule has 2 aromatic heterocycles. The zero-order valence-electron chi connectivity index (χ0n) is 16.4. The summed E-state index contributed by atoms with van der Waals surface area (Å²) in [6.07, 6.45) is 1.55. The minimum Gasteiger partial charge on any atom is -0.463 e. The molecule has 0 fully saturated rings. The first-order chi connectivity index (χ1) is 14.6. The summed E-state index contributed by atoms with van der Waals surface area (Å²) in [6.45, 7) is 0.104. The van der Waals surface area contributed by atoms with Crippen molar-refractivity contribution in [2.45, 2.75) is 6.54 Å². The fraction of sp³-hybridized carbons (Fsp3) is 0.125. The summed E-state index contributed by atoms with van der Waals surface area (Å²) in [5.41, 5.74) is 2.51. The predicted molar refractivity (Wildman–Crippen MR) is 113 cm³/mol. The maximum atomic E-state index is 12.8. The zero-order chi connectivity index (χ0) is 20.9. The lowest BCUT2D eigenvalue weighted by molar-refractivity contribution is -0.133. The SMILES string of the molecule is CN(Cc1ccccc1)C(=O)COC(=O)c1cc(-c2ccco2)nc2ccccc12. The van der Waals surface area contributed by atoms with Crippen LogP contribution in [0.5, 0.6) is 0 Å². The van der Waals surface area contributed by atoms with E-state index in [1.54, 1.807) is 37.6 Å². The van der Waals surface area contributed by atoms with Crippen molar-refractivity contribution in [3.63, 3.8) is 0 Å². The number of hydrogen-bond acceptors (Lipinski definition) is 5. The summed E-state index contributed by atoms with van der Waals surface area (Å²) < 4.78 is 10.8. The van der Waals surface area contributed by atoms with Crippen molar-refractivity contribution in [3.8, 4) is 11.5 Å². The fourth-order valence-corrected chi connectivity index (χ4v) is 3.16. The molecule has 0 bridgehead atoms. The lowest BCUT2D eigenvalue weighted by Crippen LogP contribution is -2.30. The predicted octanol–water partition coefficient (Wildman–Crippen LogP) is 4.31. The van der Waals surface area contributed by atoms with Gasteiger partial charge in [-0.25, -0.2) is 9.78 Å².